The zero-order chi connectivity index (χ0) is 22.8. The Balaban J connectivity index is 1.75. The van der Waals surface area contributed by atoms with Crippen LogP contribution in [0.4, 0.5) is 11.4 Å². The number of fused-ring (bicyclic) bond motifs is 1. The molecule has 162 valence electrons. The van der Waals surface area contributed by atoms with E-state index in [2.05, 4.69) is 10.3 Å². The van der Waals surface area contributed by atoms with Crippen LogP contribution in [0.25, 0.3) is 0 Å². The molecule has 1 unspecified atom stereocenters. The van der Waals surface area contributed by atoms with Gasteiger partial charge in [0.15, 0.2) is 5.11 Å². The van der Waals surface area contributed by atoms with Crippen LogP contribution in [-0.4, -0.2) is 37.0 Å². The molecule has 0 saturated carbocycles. The van der Waals surface area contributed by atoms with Gasteiger partial charge < -0.3 is 9.80 Å². The first-order valence-electron chi connectivity index (χ1n) is 9.92. The van der Waals surface area contributed by atoms with Crippen molar-refractivity contribution in [2.24, 2.45) is 0 Å². The van der Waals surface area contributed by atoms with Crippen LogP contribution in [0.1, 0.15) is 11.1 Å². The molecule has 2 N–H and O–H groups in total. The number of benzene rings is 3. The molecule has 1 aliphatic rings. The SMILES string of the molecule is CN(C(=S)NC1[NH+]=C(c2ccccc2)c2cc(Cl)ccc2N(C)C1=O)c1ccccc1Cl. The van der Waals surface area contributed by atoms with Crippen molar-refractivity contribution in [2.45, 2.75) is 6.17 Å². The number of likely N-dealkylation sites (N-methyl/N-ethyl adjacent to an activating group) is 1. The second kappa shape index (κ2) is 9.28. The third kappa shape index (κ3) is 4.35. The van der Waals surface area contributed by atoms with Crippen LogP contribution in [0.5, 0.6) is 0 Å². The number of amides is 1. The Morgan fingerprint density at radius 1 is 1.06 bits per heavy atom. The van der Waals surface area contributed by atoms with Crippen molar-refractivity contribution in [3.05, 3.63) is 94.0 Å². The summed E-state index contributed by atoms with van der Waals surface area (Å²) in [5.41, 5.74) is 4.02. The largest absolute Gasteiger partial charge is 0.321 e. The number of carbonyl (C=O) groups is 1. The predicted octanol–water partition coefficient (Wildman–Crippen LogP) is 3.22. The Labute approximate surface area is 202 Å². The summed E-state index contributed by atoms with van der Waals surface area (Å²) < 4.78 is 0. The third-order valence-corrected chi connectivity index (χ3v) is 6.25. The molecule has 5 nitrogen and oxygen atoms in total. The summed E-state index contributed by atoms with van der Waals surface area (Å²) in [6, 6.07) is 22.7. The summed E-state index contributed by atoms with van der Waals surface area (Å²) in [5, 5.41) is 4.66. The van der Waals surface area contributed by atoms with Crippen molar-refractivity contribution in [2.75, 3.05) is 23.9 Å². The van der Waals surface area contributed by atoms with E-state index in [4.69, 9.17) is 35.4 Å². The highest BCUT2D eigenvalue weighted by Crippen LogP contribution is 2.27. The maximum absolute atomic E-state index is 13.4. The lowest BCUT2D eigenvalue weighted by Gasteiger charge is -2.24. The van der Waals surface area contributed by atoms with Crippen molar-refractivity contribution in [1.82, 2.24) is 5.32 Å². The molecule has 0 aliphatic carbocycles. The summed E-state index contributed by atoms with van der Waals surface area (Å²) in [7, 11) is 3.54. The number of nitrogens with zero attached hydrogens (tertiary/aromatic N) is 2. The Morgan fingerprint density at radius 2 is 1.75 bits per heavy atom. The first-order valence-corrected chi connectivity index (χ1v) is 11.1. The summed E-state index contributed by atoms with van der Waals surface area (Å²) in [5.74, 6) is -0.186. The Kier molecular flexibility index (Phi) is 6.46. The average molecular weight is 484 g/mol. The Morgan fingerprint density at radius 3 is 2.47 bits per heavy atom. The van der Waals surface area contributed by atoms with Crippen LogP contribution in [-0.2, 0) is 4.79 Å². The number of carbonyl (C=O) groups excluding carboxylic acids is 1. The van der Waals surface area contributed by atoms with E-state index >= 15 is 0 Å². The number of halogens is 2. The topological polar surface area (TPSA) is 49.6 Å². The molecule has 1 aliphatic heterocycles. The number of rotatable bonds is 3. The summed E-state index contributed by atoms with van der Waals surface area (Å²) in [6.07, 6.45) is -0.807. The number of nitrogens with one attached hydrogen (secondary N) is 2. The van der Waals surface area contributed by atoms with Gasteiger partial charge in [0, 0.05) is 24.7 Å². The van der Waals surface area contributed by atoms with Crippen LogP contribution in [0, 0.1) is 0 Å². The second-order valence-corrected chi connectivity index (χ2v) is 8.57. The molecule has 0 radical (unpaired) electrons. The van der Waals surface area contributed by atoms with E-state index in [0.717, 1.165) is 28.2 Å². The summed E-state index contributed by atoms with van der Waals surface area (Å²) in [6.45, 7) is 0. The van der Waals surface area contributed by atoms with Crippen molar-refractivity contribution in [3.63, 3.8) is 0 Å². The standard InChI is InChI=1S/C24H20Cl2N4OS/c1-29-19-13-12-16(25)14-17(19)21(15-8-4-3-5-9-15)27-22(23(29)31)28-24(32)30(2)20-11-7-6-10-18(20)26/h3-14,22H,1-2H3,(H,28,32)/p+1. The maximum Gasteiger partial charge on any atom is 0.317 e. The molecule has 0 spiro atoms. The minimum absolute atomic E-state index is 0.186. The average Bonchev–Trinajstić information content (AvgIpc) is 2.90. The molecule has 1 atom stereocenters. The van der Waals surface area contributed by atoms with Crippen LogP contribution < -0.4 is 20.1 Å². The second-order valence-electron chi connectivity index (χ2n) is 7.34. The number of thiocarbonyl (C=S) groups is 1. The lowest BCUT2D eigenvalue weighted by Crippen LogP contribution is -2.87. The van der Waals surface area contributed by atoms with Crippen molar-refractivity contribution in [1.29, 1.82) is 0 Å². The van der Waals surface area contributed by atoms with Crippen molar-refractivity contribution in [3.8, 4) is 0 Å². The van der Waals surface area contributed by atoms with E-state index in [9.17, 15) is 4.79 Å². The quantitative estimate of drug-likeness (QED) is 0.561. The molecule has 1 amide bonds. The van der Waals surface area contributed by atoms with E-state index in [1.54, 1.807) is 36.0 Å². The van der Waals surface area contributed by atoms with Crippen LogP contribution >= 0.6 is 35.4 Å². The van der Waals surface area contributed by atoms with E-state index < -0.39 is 6.17 Å². The van der Waals surface area contributed by atoms with Gasteiger partial charge in [-0.25, -0.2) is 4.99 Å². The van der Waals surface area contributed by atoms with Crippen LogP contribution in [0.3, 0.4) is 0 Å². The van der Waals surface area contributed by atoms with Gasteiger partial charge in [0.05, 0.1) is 22.0 Å². The number of anilines is 2. The van der Waals surface area contributed by atoms with Gasteiger partial charge in [0.2, 0.25) is 5.71 Å². The molecule has 0 saturated heterocycles. The number of hydrogen-bond acceptors (Lipinski definition) is 2. The normalized spacial score (nSPS) is 15.5. The Bertz CT molecular complexity index is 1220. The van der Waals surface area contributed by atoms with Crippen LogP contribution in [0.15, 0.2) is 72.8 Å². The molecule has 1 heterocycles. The molecular formula is C24H21Cl2N4OS+. The maximum atomic E-state index is 13.4. The van der Waals surface area contributed by atoms with Gasteiger partial charge in [-0.3, -0.25) is 10.1 Å². The molecule has 8 heteroatoms. The fourth-order valence-electron chi connectivity index (χ4n) is 3.59. The van der Waals surface area contributed by atoms with Gasteiger partial charge >= 0.3 is 12.1 Å². The third-order valence-electron chi connectivity index (χ3n) is 5.30. The minimum Gasteiger partial charge on any atom is -0.321 e. The monoisotopic (exact) mass is 483 g/mol. The molecule has 0 aromatic heterocycles. The van der Waals surface area contributed by atoms with Crippen molar-refractivity contribution < 1.29 is 9.79 Å². The molecule has 3 aromatic carbocycles. The van der Waals surface area contributed by atoms with Gasteiger partial charge in [0.1, 0.15) is 0 Å². The van der Waals surface area contributed by atoms with E-state index in [-0.39, 0.29) is 5.91 Å². The van der Waals surface area contributed by atoms with E-state index in [1.807, 2.05) is 60.7 Å². The fourth-order valence-corrected chi connectivity index (χ4v) is 4.24. The first-order chi connectivity index (χ1) is 15.4. The zero-order valence-corrected chi connectivity index (χ0v) is 19.8. The fraction of sp³-hybridized carbons (Fsp3) is 0.125. The highest BCUT2D eigenvalue weighted by atomic mass is 35.5. The highest BCUT2D eigenvalue weighted by Gasteiger charge is 2.36. The summed E-state index contributed by atoms with van der Waals surface area (Å²) >= 11 is 18.3. The van der Waals surface area contributed by atoms with Gasteiger partial charge in [-0.15, -0.1) is 0 Å². The molecule has 4 rings (SSSR count). The highest BCUT2D eigenvalue weighted by molar-refractivity contribution is 7.80. The molecule has 3 aromatic rings. The van der Waals surface area contributed by atoms with Gasteiger partial charge in [0.25, 0.3) is 0 Å². The first kappa shape index (κ1) is 22.3. The molecular weight excluding hydrogens is 463 g/mol. The molecule has 32 heavy (non-hydrogen) atoms. The predicted molar refractivity (Wildman–Crippen MR) is 135 cm³/mol. The number of benzodiazepines with no additional fused rings is 1. The smallest absolute Gasteiger partial charge is 0.317 e. The summed E-state index contributed by atoms with van der Waals surface area (Å²) in [4.78, 5) is 20.1. The number of para-hydroxylation sites is 1. The minimum atomic E-state index is -0.807. The van der Waals surface area contributed by atoms with Gasteiger partial charge in [-0.1, -0.05) is 53.5 Å². The van der Waals surface area contributed by atoms with Gasteiger partial charge in [-0.2, -0.15) is 0 Å². The van der Waals surface area contributed by atoms with Crippen LogP contribution in [0.2, 0.25) is 10.0 Å². The lowest BCUT2D eigenvalue weighted by molar-refractivity contribution is -0.489. The van der Waals surface area contributed by atoms with E-state index in [0.29, 0.717) is 15.2 Å². The molecule has 0 fully saturated rings. The molecule has 0 bridgehead atoms. The zero-order valence-electron chi connectivity index (χ0n) is 17.5. The van der Waals surface area contributed by atoms with E-state index in [1.165, 1.54) is 0 Å². The number of hydrogen-bond donors (Lipinski definition) is 2. The lowest BCUT2D eigenvalue weighted by atomic mass is 10.0. The van der Waals surface area contributed by atoms with Gasteiger partial charge in [-0.05, 0) is 54.7 Å². The van der Waals surface area contributed by atoms with Crippen molar-refractivity contribution >= 4 is 63.5 Å². The Hall–Kier alpha value is -2.93.